The highest BCUT2D eigenvalue weighted by atomic mass is 16.5. The summed E-state index contributed by atoms with van der Waals surface area (Å²) in [5.41, 5.74) is 1.17. The van der Waals surface area contributed by atoms with Gasteiger partial charge in [0.1, 0.15) is 6.04 Å². The van der Waals surface area contributed by atoms with Crippen LogP contribution in [0.15, 0.2) is 60.7 Å². The second kappa shape index (κ2) is 11.3. The van der Waals surface area contributed by atoms with Crippen molar-refractivity contribution >= 4 is 17.7 Å². The lowest BCUT2D eigenvalue weighted by Gasteiger charge is -2.36. The highest BCUT2D eigenvalue weighted by Crippen LogP contribution is 2.23. The van der Waals surface area contributed by atoms with E-state index in [0.29, 0.717) is 50.2 Å². The van der Waals surface area contributed by atoms with Crippen LogP contribution in [0.25, 0.3) is 0 Å². The van der Waals surface area contributed by atoms with Gasteiger partial charge in [0.2, 0.25) is 5.91 Å². The predicted molar refractivity (Wildman–Crippen MR) is 118 cm³/mol. The Labute approximate surface area is 182 Å². The van der Waals surface area contributed by atoms with Crippen LogP contribution in [0.2, 0.25) is 0 Å². The van der Waals surface area contributed by atoms with Crippen molar-refractivity contribution < 1.29 is 19.1 Å². The summed E-state index contributed by atoms with van der Waals surface area (Å²) in [7, 11) is 1.57. The van der Waals surface area contributed by atoms with E-state index in [1.54, 1.807) is 43.5 Å². The molecule has 1 heterocycles. The number of nitrogens with one attached hydrogen (secondary N) is 2. The average Bonchev–Trinajstić information content (AvgIpc) is 2.83. The van der Waals surface area contributed by atoms with Gasteiger partial charge in [0.05, 0.1) is 6.61 Å². The molecule has 1 saturated heterocycles. The van der Waals surface area contributed by atoms with E-state index in [9.17, 15) is 14.4 Å². The third-order valence-electron chi connectivity index (χ3n) is 5.53. The SMILES string of the molecule is COCCNC(=O)[C@@H](NC(=O)c1ccccc1)C1CCN(C(=O)c2ccccc2)CC1. The van der Waals surface area contributed by atoms with Crippen molar-refractivity contribution in [1.82, 2.24) is 15.5 Å². The number of nitrogens with zero attached hydrogens (tertiary/aromatic N) is 1. The Morgan fingerprint density at radius 1 is 0.968 bits per heavy atom. The molecule has 7 heteroatoms. The molecule has 0 unspecified atom stereocenters. The van der Waals surface area contributed by atoms with Crippen LogP contribution in [-0.4, -0.2) is 62.0 Å². The van der Waals surface area contributed by atoms with Gasteiger partial charge in [-0.15, -0.1) is 0 Å². The number of likely N-dealkylation sites (tertiary alicyclic amines) is 1. The largest absolute Gasteiger partial charge is 0.383 e. The fraction of sp³-hybridized carbons (Fsp3) is 0.375. The Kier molecular flexibility index (Phi) is 8.18. The maximum atomic E-state index is 12.9. The zero-order valence-corrected chi connectivity index (χ0v) is 17.8. The summed E-state index contributed by atoms with van der Waals surface area (Å²) in [6.07, 6.45) is 1.27. The minimum atomic E-state index is -0.668. The van der Waals surface area contributed by atoms with Crippen molar-refractivity contribution in [3.05, 3.63) is 71.8 Å². The van der Waals surface area contributed by atoms with E-state index in [1.165, 1.54) is 0 Å². The van der Waals surface area contributed by atoms with E-state index in [1.807, 2.05) is 29.2 Å². The Balaban J connectivity index is 1.65. The van der Waals surface area contributed by atoms with Crippen molar-refractivity contribution in [2.24, 2.45) is 5.92 Å². The summed E-state index contributed by atoms with van der Waals surface area (Å²) in [6.45, 7) is 1.86. The molecule has 0 spiro atoms. The number of carbonyl (C=O) groups excluding carboxylic acids is 3. The van der Waals surface area contributed by atoms with E-state index >= 15 is 0 Å². The van der Waals surface area contributed by atoms with Gasteiger partial charge in [0.25, 0.3) is 11.8 Å². The molecule has 0 aromatic heterocycles. The molecule has 2 aromatic carbocycles. The summed E-state index contributed by atoms with van der Waals surface area (Å²) in [4.78, 5) is 40.1. The van der Waals surface area contributed by atoms with E-state index in [-0.39, 0.29) is 23.6 Å². The zero-order valence-electron chi connectivity index (χ0n) is 17.8. The molecule has 31 heavy (non-hydrogen) atoms. The van der Waals surface area contributed by atoms with E-state index in [0.717, 1.165) is 0 Å². The Morgan fingerprint density at radius 3 is 2.13 bits per heavy atom. The smallest absolute Gasteiger partial charge is 0.253 e. The number of amides is 3. The van der Waals surface area contributed by atoms with Gasteiger partial charge in [0, 0.05) is 37.9 Å². The van der Waals surface area contributed by atoms with Crippen molar-refractivity contribution in [3.8, 4) is 0 Å². The van der Waals surface area contributed by atoms with Crippen molar-refractivity contribution in [2.45, 2.75) is 18.9 Å². The summed E-state index contributed by atoms with van der Waals surface area (Å²) < 4.78 is 5.00. The van der Waals surface area contributed by atoms with Gasteiger partial charge in [-0.05, 0) is 43.0 Å². The molecule has 1 fully saturated rings. The molecule has 0 bridgehead atoms. The Bertz CT molecular complexity index is 865. The highest BCUT2D eigenvalue weighted by Gasteiger charge is 2.34. The number of carbonyl (C=O) groups is 3. The van der Waals surface area contributed by atoms with Gasteiger partial charge < -0.3 is 20.3 Å². The normalized spacial score (nSPS) is 15.2. The van der Waals surface area contributed by atoms with E-state index in [2.05, 4.69) is 10.6 Å². The fourth-order valence-electron chi connectivity index (χ4n) is 3.80. The first-order valence-corrected chi connectivity index (χ1v) is 10.6. The fourth-order valence-corrected chi connectivity index (χ4v) is 3.80. The molecule has 7 nitrogen and oxygen atoms in total. The maximum absolute atomic E-state index is 12.9. The van der Waals surface area contributed by atoms with Gasteiger partial charge >= 0.3 is 0 Å². The van der Waals surface area contributed by atoms with Crippen molar-refractivity contribution in [2.75, 3.05) is 33.4 Å². The predicted octanol–water partition coefficient (Wildman–Crippen LogP) is 2.10. The lowest BCUT2D eigenvalue weighted by molar-refractivity contribution is -0.124. The monoisotopic (exact) mass is 423 g/mol. The molecule has 164 valence electrons. The second-order valence-electron chi connectivity index (χ2n) is 7.60. The Morgan fingerprint density at radius 2 is 1.55 bits per heavy atom. The Hall–Kier alpha value is -3.19. The van der Waals surface area contributed by atoms with Crippen LogP contribution < -0.4 is 10.6 Å². The molecule has 2 N–H and O–H groups in total. The van der Waals surface area contributed by atoms with Crippen LogP contribution >= 0.6 is 0 Å². The third-order valence-corrected chi connectivity index (χ3v) is 5.53. The molecule has 3 rings (SSSR count). The molecular weight excluding hydrogens is 394 g/mol. The van der Waals surface area contributed by atoms with Crippen LogP contribution in [0.1, 0.15) is 33.6 Å². The first-order valence-electron chi connectivity index (χ1n) is 10.6. The first-order chi connectivity index (χ1) is 15.1. The second-order valence-corrected chi connectivity index (χ2v) is 7.60. The van der Waals surface area contributed by atoms with Gasteiger partial charge in [-0.1, -0.05) is 36.4 Å². The minimum Gasteiger partial charge on any atom is -0.383 e. The van der Waals surface area contributed by atoms with Crippen LogP contribution in [-0.2, 0) is 9.53 Å². The quantitative estimate of drug-likeness (QED) is 0.637. The summed E-state index contributed by atoms with van der Waals surface area (Å²) >= 11 is 0. The van der Waals surface area contributed by atoms with Crippen LogP contribution in [0.5, 0.6) is 0 Å². The number of rotatable bonds is 8. The third kappa shape index (κ3) is 6.15. The standard InChI is InChI=1S/C24H29N3O4/c1-31-17-14-25-23(29)21(26-22(28)19-8-4-2-5-9-19)18-12-15-27(16-13-18)24(30)20-10-6-3-7-11-20/h2-11,18,21H,12-17H2,1H3,(H,25,29)(H,26,28)/t21-/m0/s1. The first kappa shape index (κ1) is 22.5. The van der Waals surface area contributed by atoms with Gasteiger partial charge in [-0.2, -0.15) is 0 Å². The lowest BCUT2D eigenvalue weighted by atomic mass is 9.88. The summed E-state index contributed by atoms with van der Waals surface area (Å²) in [5, 5.41) is 5.75. The lowest BCUT2D eigenvalue weighted by Crippen LogP contribution is -2.54. The molecule has 0 saturated carbocycles. The molecular formula is C24H29N3O4. The summed E-state index contributed by atoms with van der Waals surface area (Å²) in [6, 6.07) is 17.4. The number of hydrogen-bond acceptors (Lipinski definition) is 4. The molecule has 0 radical (unpaired) electrons. The minimum absolute atomic E-state index is 0.00605. The van der Waals surface area contributed by atoms with Gasteiger partial charge in [-0.3, -0.25) is 14.4 Å². The molecule has 3 amide bonds. The van der Waals surface area contributed by atoms with Gasteiger partial charge in [0.15, 0.2) is 0 Å². The topological polar surface area (TPSA) is 87.7 Å². The van der Waals surface area contributed by atoms with Crippen LogP contribution in [0, 0.1) is 5.92 Å². The number of piperidine rings is 1. The maximum Gasteiger partial charge on any atom is 0.253 e. The molecule has 1 atom stereocenters. The number of benzene rings is 2. The van der Waals surface area contributed by atoms with Gasteiger partial charge in [-0.25, -0.2) is 0 Å². The zero-order chi connectivity index (χ0) is 22.1. The van der Waals surface area contributed by atoms with E-state index in [4.69, 9.17) is 4.74 Å². The molecule has 1 aliphatic heterocycles. The number of methoxy groups -OCH3 is 1. The summed E-state index contributed by atoms with van der Waals surface area (Å²) in [5.74, 6) is -0.576. The van der Waals surface area contributed by atoms with E-state index < -0.39 is 6.04 Å². The van der Waals surface area contributed by atoms with Crippen LogP contribution in [0.4, 0.5) is 0 Å². The highest BCUT2D eigenvalue weighted by molar-refractivity contribution is 5.97. The molecule has 1 aliphatic rings. The van der Waals surface area contributed by atoms with Crippen LogP contribution in [0.3, 0.4) is 0 Å². The van der Waals surface area contributed by atoms with Crippen molar-refractivity contribution in [1.29, 1.82) is 0 Å². The molecule has 0 aliphatic carbocycles. The number of ether oxygens (including phenoxy) is 1. The average molecular weight is 424 g/mol. The number of hydrogen-bond donors (Lipinski definition) is 2. The van der Waals surface area contributed by atoms with Crippen molar-refractivity contribution in [3.63, 3.8) is 0 Å². The molecule has 2 aromatic rings.